The Balaban J connectivity index is 0.00000264. The summed E-state index contributed by atoms with van der Waals surface area (Å²) in [6, 6.07) is 7.67. The van der Waals surface area contributed by atoms with Gasteiger partial charge in [0.05, 0.1) is 19.2 Å². The molecular weight excluding hydrogens is 314 g/mol. The first kappa shape index (κ1) is 19.7. The second kappa shape index (κ2) is 9.75. The van der Waals surface area contributed by atoms with E-state index < -0.39 is 6.04 Å². The molecule has 0 aromatic heterocycles. The molecule has 1 aliphatic heterocycles. The van der Waals surface area contributed by atoms with Crippen LogP contribution in [0.1, 0.15) is 37.8 Å². The quantitative estimate of drug-likeness (QED) is 0.831. The second-order valence-electron chi connectivity index (χ2n) is 5.89. The fraction of sp³-hybridized carbons (Fsp3) is 0.588. The van der Waals surface area contributed by atoms with Gasteiger partial charge in [-0.25, -0.2) is 0 Å². The Morgan fingerprint density at radius 2 is 1.96 bits per heavy atom. The maximum atomic E-state index is 11.8. The lowest BCUT2D eigenvalue weighted by Gasteiger charge is -2.35. The maximum Gasteiger partial charge on any atom is 0.236 e. The van der Waals surface area contributed by atoms with Crippen LogP contribution in [0, 0.1) is 0 Å². The van der Waals surface area contributed by atoms with Crippen LogP contribution >= 0.6 is 12.4 Å². The molecule has 0 spiro atoms. The number of nitrogens with one attached hydrogen (secondary N) is 1. The first-order valence-corrected chi connectivity index (χ1v) is 8.03. The molecule has 1 saturated heterocycles. The molecule has 2 rings (SSSR count). The van der Waals surface area contributed by atoms with Crippen molar-refractivity contribution in [3.05, 3.63) is 29.8 Å². The minimum absolute atomic E-state index is 0. The largest absolute Gasteiger partial charge is 0.496 e. The Kier molecular flexibility index (Phi) is 8.37. The molecule has 1 aliphatic rings. The maximum absolute atomic E-state index is 11.8. The van der Waals surface area contributed by atoms with Crippen LogP contribution in [0.3, 0.4) is 0 Å². The molecule has 2 atom stereocenters. The van der Waals surface area contributed by atoms with Gasteiger partial charge >= 0.3 is 0 Å². The van der Waals surface area contributed by atoms with Crippen molar-refractivity contribution in [1.29, 1.82) is 0 Å². The summed E-state index contributed by atoms with van der Waals surface area (Å²) in [7, 11) is 1.69. The highest BCUT2D eigenvalue weighted by Gasteiger charge is 2.25. The van der Waals surface area contributed by atoms with E-state index in [0.29, 0.717) is 6.54 Å². The van der Waals surface area contributed by atoms with E-state index in [9.17, 15) is 4.79 Å². The van der Waals surface area contributed by atoms with E-state index in [1.54, 1.807) is 14.0 Å². The van der Waals surface area contributed by atoms with E-state index in [1.807, 2.05) is 18.2 Å². The van der Waals surface area contributed by atoms with Gasteiger partial charge in [-0.2, -0.15) is 0 Å². The van der Waals surface area contributed by atoms with Gasteiger partial charge in [0.15, 0.2) is 0 Å². The first-order valence-electron chi connectivity index (χ1n) is 8.03. The average Bonchev–Trinajstić information content (AvgIpc) is 2.56. The Labute approximate surface area is 145 Å². The van der Waals surface area contributed by atoms with E-state index in [4.69, 9.17) is 10.5 Å². The Bertz CT molecular complexity index is 490. The highest BCUT2D eigenvalue weighted by molar-refractivity contribution is 5.85. The fourth-order valence-electron chi connectivity index (χ4n) is 2.97. The third-order valence-electron chi connectivity index (χ3n) is 4.21. The molecule has 0 radical (unpaired) electrons. The van der Waals surface area contributed by atoms with Crippen LogP contribution in [0.2, 0.25) is 0 Å². The number of hydrogen-bond donors (Lipinski definition) is 2. The molecule has 1 heterocycles. The topological polar surface area (TPSA) is 67.6 Å². The zero-order valence-corrected chi connectivity index (χ0v) is 14.8. The van der Waals surface area contributed by atoms with Crippen molar-refractivity contribution < 1.29 is 9.53 Å². The lowest BCUT2D eigenvalue weighted by atomic mass is 10.0. The van der Waals surface area contributed by atoms with Crippen molar-refractivity contribution in [2.75, 3.05) is 26.7 Å². The molecule has 3 N–H and O–H groups in total. The third-order valence-corrected chi connectivity index (χ3v) is 4.21. The molecule has 6 heteroatoms. The highest BCUT2D eigenvalue weighted by atomic mass is 35.5. The monoisotopic (exact) mass is 341 g/mol. The van der Waals surface area contributed by atoms with Crippen molar-refractivity contribution in [2.45, 2.75) is 38.3 Å². The van der Waals surface area contributed by atoms with Crippen LogP contribution in [0.4, 0.5) is 0 Å². The van der Waals surface area contributed by atoms with E-state index >= 15 is 0 Å². The minimum atomic E-state index is -0.486. The number of piperidine rings is 1. The van der Waals surface area contributed by atoms with Gasteiger partial charge in [-0.1, -0.05) is 24.6 Å². The summed E-state index contributed by atoms with van der Waals surface area (Å²) in [4.78, 5) is 14.3. The number of hydrogen-bond acceptors (Lipinski definition) is 4. The summed E-state index contributed by atoms with van der Waals surface area (Å²) in [5.41, 5.74) is 6.77. The van der Waals surface area contributed by atoms with Gasteiger partial charge in [-0.3, -0.25) is 9.69 Å². The average molecular weight is 342 g/mol. The van der Waals surface area contributed by atoms with Crippen LogP contribution in [-0.2, 0) is 4.79 Å². The van der Waals surface area contributed by atoms with Gasteiger partial charge in [0, 0.05) is 12.1 Å². The lowest BCUT2D eigenvalue weighted by molar-refractivity contribution is -0.122. The van der Waals surface area contributed by atoms with Crippen molar-refractivity contribution in [3.63, 3.8) is 0 Å². The van der Waals surface area contributed by atoms with E-state index in [1.165, 1.54) is 19.3 Å². The number of carbonyl (C=O) groups is 1. The first-order chi connectivity index (χ1) is 10.6. The van der Waals surface area contributed by atoms with Gasteiger partial charge in [0.25, 0.3) is 0 Å². The number of nitrogens with two attached hydrogens (primary N) is 1. The molecule has 1 amide bonds. The Morgan fingerprint density at radius 1 is 1.30 bits per heavy atom. The zero-order chi connectivity index (χ0) is 15.9. The van der Waals surface area contributed by atoms with Crippen molar-refractivity contribution in [2.24, 2.45) is 5.73 Å². The Hall–Kier alpha value is -1.30. The SMILES string of the molecule is COc1ccccc1C(CNC(=O)C(C)N)N1CCCCC1.Cl. The normalized spacial score (nSPS) is 17.7. The molecule has 0 bridgehead atoms. The zero-order valence-electron chi connectivity index (χ0n) is 14.0. The highest BCUT2D eigenvalue weighted by Crippen LogP contribution is 2.30. The summed E-state index contributed by atoms with van der Waals surface area (Å²) in [5.74, 6) is 0.755. The predicted octanol–water partition coefficient (Wildman–Crippen LogP) is 2.11. The fourth-order valence-corrected chi connectivity index (χ4v) is 2.97. The number of benzene rings is 1. The molecule has 1 aromatic rings. The number of methoxy groups -OCH3 is 1. The number of ether oxygens (including phenoxy) is 1. The molecule has 5 nitrogen and oxygen atoms in total. The van der Waals surface area contributed by atoms with Crippen molar-refractivity contribution in [3.8, 4) is 5.75 Å². The molecule has 0 aliphatic carbocycles. The van der Waals surface area contributed by atoms with Gasteiger partial charge in [-0.15, -0.1) is 12.4 Å². The minimum Gasteiger partial charge on any atom is -0.496 e. The number of nitrogens with zero attached hydrogens (tertiary/aromatic N) is 1. The van der Waals surface area contributed by atoms with Crippen LogP contribution in [0.15, 0.2) is 24.3 Å². The Morgan fingerprint density at radius 3 is 2.57 bits per heavy atom. The van der Waals surface area contributed by atoms with Gasteiger partial charge < -0.3 is 15.8 Å². The van der Waals surface area contributed by atoms with Gasteiger partial charge in [-0.05, 0) is 38.9 Å². The van der Waals surface area contributed by atoms with E-state index in [0.717, 1.165) is 24.4 Å². The number of rotatable bonds is 6. The predicted molar refractivity (Wildman–Crippen MR) is 95.1 cm³/mol. The smallest absolute Gasteiger partial charge is 0.236 e. The molecule has 2 unspecified atom stereocenters. The molecule has 1 aromatic carbocycles. The van der Waals surface area contributed by atoms with Crippen LogP contribution in [0.5, 0.6) is 5.75 Å². The van der Waals surface area contributed by atoms with Crippen LogP contribution in [-0.4, -0.2) is 43.6 Å². The third kappa shape index (κ3) is 5.37. The standard InChI is InChI=1S/C17H27N3O2.ClH/c1-13(18)17(21)19-12-15(20-10-6-3-7-11-20)14-8-4-5-9-16(14)22-2;/h4-5,8-9,13,15H,3,6-7,10-12,18H2,1-2H3,(H,19,21);1H. The van der Waals surface area contributed by atoms with Crippen LogP contribution in [0.25, 0.3) is 0 Å². The van der Waals surface area contributed by atoms with E-state index in [-0.39, 0.29) is 24.4 Å². The number of halogens is 1. The van der Waals surface area contributed by atoms with Gasteiger partial charge in [0.2, 0.25) is 5.91 Å². The molecular formula is C17H28ClN3O2. The summed E-state index contributed by atoms with van der Waals surface area (Å²) in [6.07, 6.45) is 3.68. The van der Waals surface area contributed by atoms with Crippen molar-refractivity contribution >= 4 is 18.3 Å². The summed E-state index contributed by atoms with van der Waals surface area (Å²) < 4.78 is 5.51. The summed E-state index contributed by atoms with van der Waals surface area (Å²) in [6.45, 7) is 4.36. The van der Waals surface area contributed by atoms with Crippen LogP contribution < -0.4 is 15.8 Å². The molecule has 1 fully saturated rings. The molecule has 0 saturated carbocycles. The lowest BCUT2D eigenvalue weighted by Crippen LogP contribution is -2.44. The molecule has 130 valence electrons. The second-order valence-corrected chi connectivity index (χ2v) is 5.89. The number of para-hydroxylation sites is 1. The number of amides is 1. The molecule has 23 heavy (non-hydrogen) atoms. The summed E-state index contributed by atoms with van der Waals surface area (Å²) >= 11 is 0. The number of carbonyl (C=O) groups excluding carboxylic acids is 1. The van der Waals surface area contributed by atoms with Crippen molar-refractivity contribution in [1.82, 2.24) is 10.2 Å². The number of likely N-dealkylation sites (tertiary alicyclic amines) is 1. The van der Waals surface area contributed by atoms with Gasteiger partial charge in [0.1, 0.15) is 5.75 Å². The van der Waals surface area contributed by atoms with E-state index in [2.05, 4.69) is 16.3 Å². The summed E-state index contributed by atoms with van der Waals surface area (Å²) in [5, 5.41) is 2.97.